The topological polar surface area (TPSA) is 67.4 Å². The minimum absolute atomic E-state index is 0.115. The molecule has 0 bridgehead atoms. The summed E-state index contributed by atoms with van der Waals surface area (Å²) >= 11 is 6.74. The minimum atomic E-state index is -0.281. The number of nitrogens with one attached hydrogen (secondary N) is 2. The van der Waals surface area contributed by atoms with Crippen LogP contribution >= 0.6 is 31.9 Å². The first-order valence-corrected chi connectivity index (χ1v) is 9.76. The summed E-state index contributed by atoms with van der Waals surface area (Å²) in [5, 5.41) is 5.64. The molecule has 0 saturated heterocycles. The van der Waals surface area contributed by atoms with Gasteiger partial charge in [-0.1, -0.05) is 22.9 Å². The van der Waals surface area contributed by atoms with E-state index >= 15 is 0 Å². The summed E-state index contributed by atoms with van der Waals surface area (Å²) in [6.45, 7) is 3.85. The van der Waals surface area contributed by atoms with E-state index in [2.05, 4.69) is 42.5 Å². The van der Waals surface area contributed by atoms with Crippen LogP contribution in [-0.4, -0.2) is 24.5 Å². The zero-order valence-corrected chi connectivity index (χ0v) is 17.7. The van der Waals surface area contributed by atoms with E-state index in [0.29, 0.717) is 17.0 Å². The maximum atomic E-state index is 12.0. The molecule has 2 N–H and O–H groups in total. The number of hydrogen-bond donors (Lipinski definition) is 2. The summed E-state index contributed by atoms with van der Waals surface area (Å²) < 4.78 is 7.18. The van der Waals surface area contributed by atoms with E-state index in [1.807, 2.05) is 26.0 Å². The third kappa shape index (κ3) is 6.14. The summed E-state index contributed by atoms with van der Waals surface area (Å²) in [6.07, 6.45) is 0.869. The molecule has 0 fully saturated rings. The number of ether oxygens (including phenoxy) is 1. The summed E-state index contributed by atoms with van der Waals surface area (Å²) in [5.41, 5.74) is 1.16. The lowest BCUT2D eigenvalue weighted by Crippen LogP contribution is -2.31. The van der Waals surface area contributed by atoms with Gasteiger partial charge in [-0.3, -0.25) is 9.59 Å². The van der Waals surface area contributed by atoms with Crippen molar-refractivity contribution in [2.24, 2.45) is 0 Å². The van der Waals surface area contributed by atoms with Crippen molar-refractivity contribution in [2.75, 3.05) is 11.9 Å². The van der Waals surface area contributed by atoms with Crippen molar-refractivity contribution in [1.29, 1.82) is 0 Å². The fourth-order valence-electron chi connectivity index (χ4n) is 2.05. The molecule has 1 unspecified atom stereocenters. The van der Waals surface area contributed by atoms with Gasteiger partial charge in [-0.15, -0.1) is 0 Å². The average Bonchev–Trinajstić information content (AvgIpc) is 2.61. The summed E-state index contributed by atoms with van der Waals surface area (Å²) in [4.78, 5) is 24.1. The van der Waals surface area contributed by atoms with Crippen LogP contribution in [0.5, 0.6) is 5.75 Å². The van der Waals surface area contributed by atoms with Crippen molar-refractivity contribution in [3.63, 3.8) is 0 Å². The Labute approximate surface area is 169 Å². The molecule has 0 spiro atoms. The second-order valence-corrected chi connectivity index (χ2v) is 7.54. The molecule has 0 heterocycles. The molecule has 0 saturated carbocycles. The molecule has 0 aliphatic rings. The Bertz CT molecular complexity index is 779. The van der Waals surface area contributed by atoms with Crippen molar-refractivity contribution in [3.05, 3.63) is 57.0 Å². The van der Waals surface area contributed by atoms with Gasteiger partial charge in [0.2, 0.25) is 0 Å². The van der Waals surface area contributed by atoms with Crippen molar-refractivity contribution in [1.82, 2.24) is 5.32 Å². The highest BCUT2D eigenvalue weighted by Gasteiger charge is 2.10. The standard InChI is InChI=1S/C19H20Br2N2O3/c1-3-12(2)22-19(25)13-4-7-15(8-5-13)23-18(24)11-26-17-9-6-14(20)10-16(17)21/h4-10,12H,3,11H2,1-2H3,(H,22,25)(H,23,24). The first-order valence-electron chi connectivity index (χ1n) is 8.17. The van der Waals surface area contributed by atoms with Crippen LogP contribution in [0, 0.1) is 0 Å². The molecule has 2 amide bonds. The molecular weight excluding hydrogens is 464 g/mol. The molecule has 2 aromatic carbocycles. The normalized spacial score (nSPS) is 11.5. The van der Waals surface area contributed by atoms with Crippen molar-refractivity contribution in [3.8, 4) is 5.75 Å². The molecule has 26 heavy (non-hydrogen) atoms. The summed E-state index contributed by atoms with van der Waals surface area (Å²) in [7, 11) is 0. The highest BCUT2D eigenvalue weighted by atomic mass is 79.9. The lowest BCUT2D eigenvalue weighted by atomic mass is 10.1. The van der Waals surface area contributed by atoms with Crippen LogP contribution < -0.4 is 15.4 Å². The van der Waals surface area contributed by atoms with Crippen LogP contribution in [0.15, 0.2) is 51.4 Å². The lowest BCUT2D eigenvalue weighted by molar-refractivity contribution is -0.118. The van der Waals surface area contributed by atoms with Crippen LogP contribution in [0.2, 0.25) is 0 Å². The van der Waals surface area contributed by atoms with Gasteiger partial charge in [0.05, 0.1) is 4.47 Å². The number of rotatable bonds is 7. The monoisotopic (exact) mass is 482 g/mol. The van der Waals surface area contributed by atoms with Gasteiger partial charge in [-0.25, -0.2) is 0 Å². The van der Waals surface area contributed by atoms with Gasteiger partial charge < -0.3 is 15.4 Å². The van der Waals surface area contributed by atoms with E-state index in [9.17, 15) is 9.59 Å². The number of halogens is 2. The Morgan fingerprint density at radius 2 is 1.81 bits per heavy atom. The Kier molecular flexibility index (Phi) is 7.66. The van der Waals surface area contributed by atoms with Gasteiger partial charge in [0, 0.05) is 21.8 Å². The first kappa shape index (κ1) is 20.5. The number of benzene rings is 2. The highest BCUT2D eigenvalue weighted by molar-refractivity contribution is 9.11. The summed E-state index contributed by atoms with van der Waals surface area (Å²) in [6, 6.07) is 12.3. The zero-order chi connectivity index (χ0) is 19.1. The molecule has 0 aromatic heterocycles. The molecule has 1 atom stereocenters. The van der Waals surface area contributed by atoms with E-state index < -0.39 is 0 Å². The Balaban J connectivity index is 1.88. The third-order valence-electron chi connectivity index (χ3n) is 3.67. The van der Waals surface area contributed by atoms with Gasteiger partial charge in [-0.05, 0) is 71.7 Å². The van der Waals surface area contributed by atoms with E-state index in [-0.39, 0.29) is 24.5 Å². The number of carbonyl (C=O) groups excluding carboxylic acids is 2. The van der Waals surface area contributed by atoms with Gasteiger partial charge >= 0.3 is 0 Å². The van der Waals surface area contributed by atoms with E-state index in [0.717, 1.165) is 15.4 Å². The largest absolute Gasteiger partial charge is 0.483 e. The van der Waals surface area contributed by atoms with Crippen LogP contribution in [0.1, 0.15) is 30.6 Å². The Morgan fingerprint density at radius 3 is 2.42 bits per heavy atom. The summed E-state index contributed by atoms with van der Waals surface area (Å²) in [5.74, 6) is 0.178. The van der Waals surface area contributed by atoms with Crippen molar-refractivity contribution < 1.29 is 14.3 Å². The quantitative estimate of drug-likeness (QED) is 0.596. The lowest BCUT2D eigenvalue weighted by Gasteiger charge is -2.12. The van der Waals surface area contributed by atoms with Crippen LogP contribution in [0.25, 0.3) is 0 Å². The first-order chi connectivity index (χ1) is 12.4. The molecule has 0 radical (unpaired) electrons. The van der Waals surface area contributed by atoms with Crippen molar-refractivity contribution >= 4 is 49.4 Å². The Hall–Kier alpha value is -1.86. The second-order valence-electron chi connectivity index (χ2n) is 5.77. The molecular formula is C19H20Br2N2O3. The molecule has 0 aliphatic heterocycles. The van der Waals surface area contributed by atoms with Crippen LogP contribution in [0.4, 0.5) is 5.69 Å². The smallest absolute Gasteiger partial charge is 0.262 e. The van der Waals surface area contributed by atoms with Gasteiger partial charge in [0.15, 0.2) is 6.61 Å². The van der Waals surface area contributed by atoms with Gasteiger partial charge in [0.1, 0.15) is 5.75 Å². The second kappa shape index (κ2) is 9.73. The Morgan fingerprint density at radius 1 is 1.12 bits per heavy atom. The van der Waals surface area contributed by atoms with E-state index in [1.165, 1.54) is 0 Å². The fourth-order valence-corrected chi connectivity index (χ4v) is 3.21. The average molecular weight is 484 g/mol. The fraction of sp³-hybridized carbons (Fsp3) is 0.263. The molecule has 5 nitrogen and oxygen atoms in total. The van der Waals surface area contributed by atoms with Gasteiger partial charge in [-0.2, -0.15) is 0 Å². The van der Waals surface area contributed by atoms with Gasteiger partial charge in [0.25, 0.3) is 11.8 Å². The number of anilines is 1. The predicted octanol–water partition coefficient (Wildman–Crippen LogP) is 4.76. The molecule has 7 heteroatoms. The van der Waals surface area contributed by atoms with Crippen LogP contribution in [-0.2, 0) is 4.79 Å². The maximum Gasteiger partial charge on any atom is 0.262 e. The molecule has 138 valence electrons. The maximum absolute atomic E-state index is 12.0. The minimum Gasteiger partial charge on any atom is -0.483 e. The number of amides is 2. The SMILES string of the molecule is CCC(C)NC(=O)c1ccc(NC(=O)COc2ccc(Br)cc2Br)cc1. The predicted molar refractivity (Wildman–Crippen MR) is 110 cm³/mol. The molecule has 2 aromatic rings. The zero-order valence-electron chi connectivity index (χ0n) is 14.5. The highest BCUT2D eigenvalue weighted by Crippen LogP contribution is 2.28. The number of hydrogen-bond acceptors (Lipinski definition) is 3. The number of carbonyl (C=O) groups is 2. The molecule has 2 rings (SSSR count). The molecule has 0 aliphatic carbocycles. The van der Waals surface area contributed by atoms with E-state index in [4.69, 9.17) is 4.74 Å². The van der Waals surface area contributed by atoms with E-state index in [1.54, 1.807) is 30.3 Å². The van der Waals surface area contributed by atoms with Crippen molar-refractivity contribution in [2.45, 2.75) is 26.3 Å². The third-order valence-corrected chi connectivity index (χ3v) is 4.79. The van der Waals surface area contributed by atoms with Crippen LogP contribution in [0.3, 0.4) is 0 Å².